The van der Waals surface area contributed by atoms with Crippen LogP contribution < -0.4 is 0 Å². The molecule has 1 aromatic carbocycles. The summed E-state index contributed by atoms with van der Waals surface area (Å²) >= 11 is 6.05. The summed E-state index contributed by atoms with van der Waals surface area (Å²) in [6, 6.07) is 7.62. The maximum atomic E-state index is 12.0. The molecule has 0 saturated carbocycles. The quantitative estimate of drug-likeness (QED) is 0.913. The Balaban J connectivity index is 1.83. The topological polar surface area (TPSA) is 40.5 Å². The molecule has 0 aliphatic carbocycles. The Bertz CT molecular complexity index is 414. The Kier molecular flexibility index (Phi) is 4.61. The molecule has 1 aromatic rings. The van der Waals surface area contributed by atoms with Gasteiger partial charge in [0, 0.05) is 24.5 Å². The predicted molar refractivity (Wildman–Crippen MR) is 71.6 cm³/mol. The molecule has 18 heavy (non-hydrogen) atoms. The van der Waals surface area contributed by atoms with Crippen LogP contribution in [0, 0.1) is 0 Å². The molecule has 0 unspecified atom stereocenters. The minimum absolute atomic E-state index is 0.154. The van der Waals surface area contributed by atoms with E-state index in [4.69, 9.17) is 11.6 Å². The van der Waals surface area contributed by atoms with Crippen LogP contribution in [0.4, 0.5) is 0 Å². The third-order valence-corrected chi connectivity index (χ3v) is 3.75. The molecular formula is C14H18ClNO2. The van der Waals surface area contributed by atoms with Gasteiger partial charge in [-0.25, -0.2) is 0 Å². The molecule has 1 N–H and O–H groups in total. The molecule has 1 fully saturated rings. The number of aryl methyl sites for hydroxylation is 1. The van der Waals surface area contributed by atoms with Gasteiger partial charge < -0.3 is 10.0 Å². The molecule has 4 heteroatoms. The van der Waals surface area contributed by atoms with Crippen LogP contribution in [0.3, 0.4) is 0 Å². The monoisotopic (exact) mass is 267 g/mol. The van der Waals surface area contributed by atoms with Crippen molar-refractivity contribution in [2.75, 3.05) is 13.1 Å². The van der Waals surface area contributed by atoms with Crippen LogP contribution in [0.5, 0.6) is 0 Å². The second kappa shape index (κ2) is 6.21. The first kappa shape index (κ1) is 13.4. The van der Waals surface area contributed by atoms with Crippen molar-refractivity contribution in [1.82, 2.24) is 4.90 Å². The molecule has 0 spiro atoms. The fourth-order valence-electron chi connectivity index (χ4n) is 2.22. The highest BCUT2D eigenvalue weighted by molar-refractivity contribution is 6.31. The largest absolute Gasteiger partial charge is 0.393 e. The molecule has 0 bridgehead atoms. The number of hydrogen-bond acceptors (Lipinski definition) is 2. The molecule has 0 aromatic heterocycles. The summed E-state index contributed by atoms with van der Waals surface area (Å²) in [5.41, 5.74) is 1.02. The molecule has 3 nitrogen and oxygen atoms in total. The van der Waals surface area contributed by atoms with Gasteiger partial charge in [0.25, 0.3) is 0 Å². The second-order valence-electron chi connectivity index (χ2n) is 4.70. The van der Waals surface area contributed by atoms with Crippen LogP contribution in [0.1, 0.15) is 24.8 Å². The fraction of sp³-hybridized carbons (Fsp3) is 0.500. The summed E-state index contributed by atoms with van der Waals surface area (Å²) < 4.78 is 0. The van der Waals surface area contributed by atoms with Gasteiger partial charge in [0.2, 0.25) is 5.91 Å². The van der Waals surface area contributed by atoms with Crippen LogP contribution in [0.15, 0.2) is 24.3 Å². The zero-order valence-electron chi connectivity index (χ0n) is 10.3. The maximum absolute atomic E-state index is 12.0. The van der Waals surface area contributed by atoms with E-state index in [9.17, 15) is 9.90 Å². The third-order valence-electron chi connectivity index (χ3n) is 3.38. The number of carbonyl (C=O) groups is 1. The summed E-state index contributed by atoms with van der Waals surface area (Å²) in [5, 5.41) is 10.1. The molecule has 2 rings (SSSR count). The average Bonchev–Trinajstić information content (AvgIpc) is 2.38. The number of halogens is 1. The van der Waals surface area contributed by atoms with Gasteiger partial charge in [-0.15, -0.1) is 0 Å². The molecule has 98 valence electrons. The number of rotatable bonds is 3. The summed E-state index contributed by atoms with van der Waals surface area (Å²) in [6.07, 6.45) is 2.31. The van der Waals surface area contributed by atoms with Crippen molar-refractivity contribution in [3.05, 3.63) is 34.9 Å². The van der Waals surface area contributed by atoms with Crippen LogP contribution >= 0.6 is 11.6 Å². The molecule has 1 amide bonds. The van der Waals surface area contributed by atoms with Crippen LogP contribution in [0.2, 0.25) is 5.02 Å². The second-order valence-corrected chi connectivity index (χ2v) is 5.11. The van der Waals surface area contributed by atoms with E-state index in [2.05, 4.69) is 0 Å². The number of likely N-dealkylation sites (tertiary alicyclic amines) is 1. The first-order valence-corrected chi connectivity index (χ1v) is 6.74. The fourth-order valence-corrected chi connectivity index (χ4v) is 2.45. The molecular weight excluding hydrogens is 250 g/mol. The number of benzene rings is 1. The van der Waals surface area contributed by atoms with Gasteiger partial charge in [0.15, 0.2) is 0 Å². The van der Waals surface area contributed by atoms with Crippen molar-refractivity contribution >= 4 is 17.5 Å². The van der Waals surface area contributed by atoms with Crippen molar-refractivity contribution in [1.29, 1.82) is 0 Å². The van der Waals surface area contributed by atoms with E-state index in [1.165, 1.54) is 0 Å². The minimum Gasteiger partial charge on any atom is -0.393 e. The molecule has 1 heterocycles. The van der Waals surface area contributed by atoms with Crippen LogP contribution in [-0.4, -0.2) is 35.1 Å². The number of nitrogens with zero attached hydrogens (tertiary/aromatic N) is 1. The van der Waals surface area contributed by atoms with Gasteiger partial charge in [0.1, 0.15) is 0 Å². The van der Waals surface area contributed by atoms with Gasteiger partial charge in [-0.1, -0.05) is 29.8 Å². The van der Waals surface area contributed by atoms with E-state index < -0.39 is 0 Å². The number of hydrogen-bond donors (Lipinski definition) is 1. The van der Waals surface area contributed by atoms with Crippen molar-refractivity contribution < 1.29 is 9.90 Å². The van der Waals surface area contributed by atoms with Gasteiger partial charge in [-0.05, 0) is 30.9 Å². The van der Waals surface area contributed by atoms with E-state index in [1.807, 2.05) is 29.2 Å². The summed E-state index contributed by atoms with van der Waals surface area (Å²) in [4.78, 5) is 13.8. The standard InChI is InChI=1S/C14H18ClNO2/c15-13-4-2-1-3-11(13)5-6-14(18)16-9-7-12(17)8-10-16/h1-4,12,17H,5-10H2. The first-order chi connectivity index (χ1) is 8.66. The smallest absolute Gasteiger partial charge is 0.222 e. The van der Waals surface area contributed by atoms with Gasteiger partial charge >= 0.3 is 0 Å². The molecule has 1 saturated heterocycles. The highest BCUT2D eigenvalue weighted by Gasteiger charge is 2.20. The van der Waals surface area contributed by atoms with E-state index >= 15 is 0 Å². The van der Waals surface area contributed by atoms with E-state index in [1.54, 1.807) is 0 Å². The van der Waals surface area contributed by atoms with Gasteiger partial charge in [-0.2, -0.15) is 0 Å². The highest BCUT2D eigenvalue weighted by atomic mass is 35.5. The lowest BCUT2D eigenvalue weighted by atomic mass is 10.1. The normalized spacial score (nSPS) is 16.9. The number of piperidine rings is 1. The SMILES string of the molecule is O=C(CCc1ccccc1Cl)N1CCC(O)CC1. The number of carbonyl (C=O) groups excluding carboxylic acids is 1. The van der Waals surface area contributed by atoms with Gasteiger partial charge in [0.05, 0.1) is 6.10 Å². The summed E-state index contributed by atoms with van der Waals surface area (Å²) in [7, 11) is 0. The first-order valence-electron chi connectivity index (χ1n) is 6.36. The van der Waals surface area contributed by atoms with E-state index in [0.717, 1.165) is 10.6 Å². The summed E-state index contributed by atoms with van der Waals surface area (Å²) in [6.45, 7) is 1.34. The lowest BCUT2D eigenvalue weighted by Gasteiger charge is -2.29. The minimum atomic E-state index is -0.238. The van der Waals surface area contributed by atoms with E-state index in [0.29, 0.717) is 38.8 Å². The van der Waals surface area contributed by atoms with Crippen molar-refractivity contribution in [2.45, 2.75) is 31.8 Å². The Morgan fingerprint density at radius 2 is 2.00 bits per heavy atom. The zero-order chi connectivity index (χ0) is 13.0. The Hall–Kier alpha value is -1.06. The Morgan fingerprint density at radius 3 is 2.67 bits per heavy atom. The molecule has 1 aliphatic rings. The van der Waals surface area contributed by atoms with Gasteiger partial charge in [-0.3, -0.25) is 4.79 Å². The van der Waals surface area contributed by atoms with Crippen LogP contribution in [-0.2, 0) is 11.2 Å². The van der Waals surface area contributed by atoms with Crippen molar-refractivity contribution in [2.24, 2.45) is 0 Å². The Labute approximate surface area is 112 Å². The lowest BCUT2D eigenvalue weighted by molar-refractivity contribution is -0.133. The Morgan fingerprint density at radius 1 is 1.33 bits per heavy atom. The molecule has 1 aliphatic heterocycles. The number of aliphatic hydroxyl groups excluding tert-OH is 1. The van der Waals surface area contributed by atoms with E-state index in [-0.39, 0.29) is 12.0 Å². The molecule has 0 radical (unpaired) electrons. The predicted octanol–water partition coefficient (Wildman–Crippen LogP) is 2.26. The maximum Gasteiger partial charge on any atom is 0.222 e. The van der Waals surface area contributed by atoms with Crippen molar-refractivity contribution in [3.63, 3.8) is 0 Å². The average molecular weight is 268 g/mol. The lowest BCUT2D eigenvalue weighted by Crippen LogP contribution is -2.40. The number of aliphatic hydroxyl groups is 1. The van der Waals surface area contributed by atoms with Crippen LogP contribution in [0.25, 0.3) is 0 Å². The number of amides is 1. The zero-order valence-corrected chi connectivity index (χ0v) is 11.1. The highest BCUT2D eigenvalue weighted by Crippen LogP contribution is 2.18. The summed E-state index contributed by atoms with van der Waals surface area (Å²) in [5.74, 6) is 0.154. The van der Waals surface area contributed by atoms with Crippen molar-refractivity contribution in [3.8, 4) is 0 Å². The third kappa shape index (κ3) is 3.47. The molecule has 0 atom stereocenters.